The van der Waals surface area contributed by atoms with Crippen LogP contribution in [-0.2, 0) is 0 Å². The highest BCUT2D eigenvalue weighted by molar-refractivity contribution is 9.11. The summed E-state index contributed by atoms with van der Waals surface area (Å²) in [6.07, 6.45) is -0.706. The Bertz CT molecular complexity index is 965. The van der Waals surface area contributed by atoms with E-state index in [1.54, 1.807) is 6.07 Å². The molecule has 3 heterocycles. The van der Waals surface area contributed by atoms with Gasteiger partial charge in [-0.2, -0.15) is 0 Å². The molecule has 2 aromatic rings. The number of hydrogen-bond donors (Lipinski definition) is 3. The fraction of sp³-hybridized carbons (Fsp3) is 0.588. The molecule has 2 bridgehead atoms. The van der Waals surface area contributed by atoms with Crippen LogP contribution in [0.1, 0.15) is 45.5 Å². The largest absolute Gasteiger partial charge is 0.465 e. The number of nitrogens with zero attached hydrogens (tertiary/aromatic N) is 2. The van der Waals surface area contributed by atoms with Gasteiger partial charge in [0.05, 0.1) is 27.0 Å². The predicted molar refractivity (Wildman–Crippen MR) is 101 cm³/mol. The zero-order chi connectivity index (χ0) is 19.0. The number of halogens is 1. The zero-order valence-electron chi connectivity index (χ0n) is 14.6. The average molecular weight is 442 g/mol. The van der Waals surface area contributed by atoms with Crippen molar-refractivity contribution in [3.05, 3.63) is 26.0 Å². The Morgan fingerprint density at radius 1 is 1.46 bits per heavy atom. The Hall–Kier alpha value is -1.45. The molecule has 2 fully saturated rings. The van der Waals surface area contributed by atoms with Crippen LogP contribution in [0.4, 0.5) is 4.79 Å². The van der Waals surface area contributed by atoms with E-state index in [0.717, 1.165) is 3.79 Å². The van der Waals surface area contributed by atoms with Gasteiger partial charge in [-0.25, -0.2) is 9.78 Å². The average Bonchev–Trinajstić information content (AvgIpc) is 3.15. The van der Waals surface area contributed by atoms with Crippen molar-refractivity contribution in [1.82, 2.24) is 14.9 Å². The Kier molecular flexibility index (Phi) is 3.81. The van der Waals surface area contributed by atoms with Crippen molar-refractivity contribution in [2.75, 3.05) is 0 Å². The van der Waals surface area contributed by atoms with Gasteiger partial charge in [0, 0.05) is 5.92 Å². The summed E-state index contributed by atoms with van der Waals surface area (Å²) < 4.78 is 1.29. The number of carboxylic acid groups (broad SMARTS) is 1. The minimum Gasteiger partial charge on any atom is -0.465 e. The molecule has 7 nitrogen and oxygen atoms in total. The van der Waals surface area contributed by atoms with Gasteiger partial charge in [-0.1, -0.05) is 20.8 Å². The molecule has 9 heteroatoms. The smallest absolute Gasteiger partial charge is 0.408 e. The van der Waals surface area contributed by atoms with Crippen LogP contribution in [0.15, 0.2) is 14.6 Å². The normalized spacial score (nSPS) is 31.1. The molecule has 2 aliphatic rings. The maximum atomic E-state index is 12.5. The lowest BCUT2D eigenvalue weighted by Gasteiger charge is -2.49. The van der Waals surface area contributed by atoms with Crippen molar-refractivity contribution in [1.29, 1.82) is 0 Å². The van der Waals surface area contributed by atoms with Crippen LogP contribution in [0.3, 0.4) is 0 Å². The molecule has 26 heavy (non-hydrogen) atoms. The number of rotatable bonds is 1. The number of carbonyl (C=O) groups is 1. The fourth-order valence-electron chi connectivity index (χ4n) is 4.75. The number of aromatic amines is 1. The lowest BCUT2D eigenvalue weighted by atomic mass is 9.71. The van der Waals surface area contributed by atoms with Gasteiger partial charge < -0.3 is 15.2 Å². The van der Waals surface area contributed by atoms with Crippen LogP contribution in [0, 0.1) is 11.3 Å². The van der Waals surface area contributed by atoms with Crippen LogP contribution in [0.5, 0.6) is 0 Å². The summed E-state index contributed by atoms with van der Waals surface area (Å²) in [6.45, 7) is 5.99. The van der Waals surface area contributed by atoms with Gasteiger partial charge in [0.1, 0.15) is 10.5 Å². The minimum atomic E-state index is -1.05. The molecular weight excluding hydrogens is 422 g/mol. The van der Waals surface area contributed by atoms with Crippen molar-refractivity contribution in [2.45, 2.75) is 51.3 Å². The fourth-order valence-corrected chi connectivity index (χ4v) is 6.17. The first-order valence-corrected chi connectivity index (χ1v) is 10.1. The van der Waals surface area contributed by atoms with E-state index in [4.69, 9.17) is 0 Å². The summed E-state index contributed by atoms with van der Waals surface area (Å²) in [6, 6.07) is 1.10. The summed E-state index contributed by atoms with van der Waals surface area (Å²) in [4.78, 5) is 33.4. The van der Waals surface area contributed by atoms with E-state index < -0.39 is 23.8 Å². The molecule has 1 amide bonds. The number of nitrogens with one attached hydrogen (secondary N) is 1. The molecule has 4 rings (SSSR count). The number of hydrogen-bond acceptors (Lipinski definition) is 5. The molecule has 2 aromatic heterocycles. The van der Waals surface area contributed by atoms with Gasteiger partial charge in [-0.3, -0.25) is 9.69 Å². The van der Waals surface area contributed by atoms with E-state index in [1.165, 1.54) is 16.2 Å². The second-order valence-corrected chi connectivity index (χ2v) is 10.7. The molecule has 1 aliphatic carbocycles. The summed E-state index contributed by atoms with van der Waals surface area (Å²) in [5.41, 5.74) is -0.789. The Morgan fingerprint density at radius 3 is 2.77 bits per heavy atom. The summed E-state index contributed by atoms with van der Waals surface area (Å²) in [7, 11) is 0. The quantitative estimate of drug-likeness (QED) is 0.628. The summed E-state index contributed by atoms with van der Waals surface area (Å²) in [5.74, 6) is 0.0260. The van der Waals surface area contributed by atoms with E-state index in [0.29, 0.717) is 28.9 Å². The third-order valence-electron chi connectivity index (χ3n) is 6.01. The number of aliphatic hydroxyl groups excluding tert-OH is 1. The highest BCUT2D eigenvalue weighted by Crippen LogP contribution is 2.62. The first kappa shape index (κ1) is 17.9. The molecule has 1 saturated carbocycles. The van der Waals surface area contributed by atoms with E-state index in [-0.39, 0.29) is 16.9 Å². The maximum absolute atomic E-state index is 12.5. The van der Waals surface area contributed by atoms with Crippen LogP contribution in [0.2, 0.25) is 0 Å². The van der Waals surface area contributed by atoms with Crippen molar-refractivity contribution >= 4 is 43.6 Å². The Balaban J connectivity index is 1.91. The molecule has 140 valence electrons. The second-order valence-electron chi connectivity index (χ2n) is 8.23. The Labute approximate surface area is 162 Å². The standard InChI is InChI=1S/C17H20BrN3O4S/c1-16(2,3)17-5-7(9(22)6-17)11(21(17)15(24)25)13-19-8-4-10(18)26-12(8)14(23)20-13/h4,7,9,11,22H,5-6H2,1-3H3,(H,24,25)(H,19,20,23)/t7-,9-,11-,17+/m0/s1. The van der Waals surface area contributed by atoms with Crippen molar-refractivity contribution in [3.63, 3.8) is 0 Å². The van der Waals surface area contributed by atoms with E-state index in [9.17, 15) is 19.8 Å². The molecule has 0 unspecified atom stereocenters. The number of likely N-dealkylation sites (tertiary alicyclic amines) is 1. The number of fused-ring (bicyclic) bond motifs is 3. The Morgan fingerprint density at radius 2 is 2.15 bits per heavy atom. The number of H-pyrrole nitrogens is 1. The summed E-state index contributed by atoms with van der Waals surface area (Å²) in [5, 5.41) is 20.6. The van der Waals surface area contributed by atoms with Gasteiger partial charge in [0.15, 0.2) is 0 Å². The highest BCUT2D eigenvalue weighted by Gasteiger charge is 2.67. The molecule has 3 N–H and O–H groups in total. The monoisotopic (exact) mass is 441 g/mol. The molecule has 1 saturated heterocycles. The van der Waals surface area contributed by atoms with Crippen LogP contribution in [0.25, 0.3) is 10.2 Å². The number of thiophene rings is 1. The van der Waals surface area contributed by atoms with Gasteiger partial charge in [-0.05, 0) is 40.3 Å². The first-order chi connectivity index (χ1) is 12.0. The van der Waals surface area contributed by atoms with E-state index in [1.807, 2.05) is 20.8 Å². The zero-order valence-corrected chi connectivity index (χ0v) is 17.0. The highest BCUT2D eigenvalue weighted by atomic mass is 79.9. The van der Waals surface area contributed by atoms with Gasteiger partial charge in [0.2, 0.25) is 0 Å². The number of piperidine rings is 1. The van der Waals surface area contributed by atoms with Gasteiger partial charge >= 0.3 is 6.09 Å². The summed E-state index contributed by atoms with van der Waals surface area (Å²) >= 11 is 4.65. The van der Waals surface area contributed by atoms with Crippen molar-refractivity contribution in [3.8, 4) is 0 Å². The molecule has 0 aromatic carbocycles. The lowest BCUT2D eigenvalue weighted by Crippen LogP contribution is -2.58. The van der Waals surface area contributed by atoms with Gasteiger partial charge in [-0.15, -0.1) is 11.3 Å². The second kappa shape index (κ2) is 5.53. The maximum Gasteiger partial charge on any atom is 0.408 e. The molecule has 0 spiro atoms. The van der Waals surface area contributed by atoms with Crippen molar-refractivity contribution < 1.29 is 15.0 Å². The molecule has 1 aliphatic heterocycles. The molecule has 4 atom stereocenters. The van der Waals surface area contributed by atoms with Gasteiger partial charge in [0.25, 0.3) is 5.56 Å². The van der Waals surface area contributed by atoms with Crippen molar-refractivity contribution in [2.24, 2.45) is 11.3 Å². The minimum absolute atomic E-state index is 0.284. The SMILES string of the molecule is CC(C)(C)[C@]12C[C@H]([C@@H](c3nc4cc(Br)sc4c(=O)[nH]3)N1C(=O)O)[C@@H](O)C2. The third kappa shape index (κ3) is 2.30. The molecular formula is C17H20BrN3O4S. The predicted octanol–water partition coefficient (Wildman–Crippen LogP) is 3.34. The first-order valence-electron chi connectivity index (χ1n) is 8.45. The number of amides is 1. The lowest BCUT2D eigenvalue weighted by molar-refractivity contribution is -0.0424. The number of aromatic nitrogens is 2. The topological polar surface area (TPSA) is 107 Å². The van der Waals surface area contributed by atoms with Crippen LogP contribution < -0.4 is 5.56 Å². The molecule has 0 radical (unpaired) electrons. The van der Waals surface area contributed by atoms with E-state index >= 15 is 0 Å². The third-order valence-corrected chi connectivity index (χ3v) is 7.64. The van der Waals surface area contributed by atoms with Crippen LogP contribution >= 0.6 is 27.3 Å². The number of aliphatic hydroxyl groups is 1. The van der Waals surface area contributed by atoms with E-state index in [2.05, 4.69) is 25.9 Å². The van der Waals surface area contributed by atoms with Crippen LogP contribution in [-0.4, -0.2) is 42.8 Å².